The van der Waals surface area contributed by atoms with E-state index in [4.69, 9.17) is 11.6 Å². The van der Waals surface area contributed by atoms with E-state index in [1.165, 1.54) is 0 Å². The molecule has 0 aliphatic heterocycles. The number of hydrogen-bond acceptors (Lipinski definition) is 3. The van der Waals surface area contributed by atoms with Crippen molar-refractivity contribution in [3.8, 4) is 0 Å². The molecule has 0 aliphatic rings. The van der Waals surface area contributed by atoms with Crippen molar-refractivity contribution in [1.82, 2.24) is 0 Å². The molecule has 0 aromatic carbocycles. The molecule has 0 heterocycles. The van der Waals surface area contributed by atoms with E-state index in [0.717, 1.165) is 0 Å². The normalized spacial score (nSPS) is 8.67. The van der Waals surface area contributed by atoms with Crippen molar-refractivity contribution in [2.24, 2.45) is 0 Å². The van der Waals surface area contributed by atoms with Crippen LogP contribution in [0, 0.1) is 0 Å². The lowest BCUT2D eigenvalue weighted by Crippen LogP contribution is -2.05. The monoisotopic (exact) mass is 262 g/mol. The second-order valence-corrected chi connectivity index (χ2v) is 2.20. The molecule has 52 valence electrons. The van der Waals surface area contributed by atoms with Crippen molar-refractivity contribution < 1.29 is 14.3 Å². The fourth-order valence-corrected chi connectivity index (χ4v) is 0.682. The van der Waals surface area contributed by atoms with Crippen molar-refractivity contribution in [2.75, 3.05) is 4.61 Å². The molecule has 0 amide bonds. The SMILES string of the molecule is O=C(Cl)CC(=O)OCI. The molecule has 0 bridgehead atoms. The molecule has 0 unspecified atom stereocenters. The number of alkyl halides is 1. The van der Waals surface area contributed by atoms with E-state index in [9.17, 15) is 9.59 Å². The Morgan fingerprint density at radius 2 is 2.11 bits per heavy atom. The minimum Gasteiger partial charge on any atom is -0.455 e. The molecule has 0 saturated heterocycles. The summed E-state index contributed by atoms with van der Waals surface area (Å²) in [6.45, 7) is 0. The predicted octanol–water partition coefficient (Wildman–Crippen LogP) is 1.08. The van der Waals surface area contributed by atoms with E-state index in [2.05, 4.69) is 4.74 Å². The van der Waals surface area contributed by atoms with Gasteiger partial charge < -0.3 is 4.74 Å². The van der Waals surface area contributed by atoms with E-state index in [0.29, 0.717) is 0 Å². The third-order valence-electron chi connectivity index (χ3n) is 0.499. The third-order valence-corrected chi connectivity index (χ3v) is 0.944. The highest BCUT2D eigenvalue weighted by Crippen LogP contribution is 1.93. The summed E-state index contributed by atoms with van der Waals surface area (Å²) in [6.07, 6.45) is -0.343. The van der Waals surface area contributed by atoms with Gasteiger partial charge in [0.1, 0.15) is 11.0 Å². The first-order valence-electron chi connectivity index (χ1n) is 2.06. The lowest BCUT2D eigenvalue weighted by atomic mass is 10.5. The number of carbonyl (C=O) groups is 2. The average molecular weight is 262 g/mol. The van der Waals surface area contributed by atoms with Crippen molar-refractivity contribution in [2.45, 2.75) is 6.42 Å². The topological polar surface area (TPSA) is 43.4 Å². The molecule has 0 N–H and O–H groups in total. The van der Waals surface area contributed by atoms with Gasteiger partial charge in [0.15, 0.2) is 0 Å². The van der Waals surface area contributed by atoms with Crippen molar-refractivity contribution >= 4 is 45.4 Å². The Hall–Kier alpha value is 0.160. The predicted molar refractivity (Wildman–Crippen MR) is 40.5 cm³/mol. The Balaban J connectivity index is 3.39. The van der Waals surface area contributed by atoms with E-state index >= 15 is 0 Å². The zero-order chi connectivity index (χ0) is 7.28. The standard InChI is InChI=1S/C4H4ClIO3/c5-3(7)1-4(8)9-2-6/h1-2H2. The smallest absolute Gasteiger partial charge is 0.315 e. The van der Waals surface area contributed by atoms with Crippen LogP contribution in [0.1, 0.15) is 6.42 Å². The Bertz CT molecular complexity index is 125. The van der Waals surface area contributed by atoms with Crippen LogP contribution in [0.25, 0.3) is 0 Å². The summed E-state index contributed by atoms with van der Waals surface area (Å²) in [7, 11) is 0. The Morgan fingerprint density at radius 1 is 1.56 bits per heavy atom. The summed E-state index contributed by atoms with van der Waals surface area (Å²) in [4.78, 5) is 20.3. The first kappa shape index (κ1) is 9.16. The van der Waals surface area contributed by atoms with E-state index in [1.54, 1.807) is 0 Å². The summed E-state index contributed by atoms with van der Waals surface area (Å²) in [6, 6.07) is 0. The van der Waals surface area contributed by atoms with Crippen LogP contribution in [0.3, 0.4) is 0 Å². The molecule has 0 aromatic heterocycles. The van der Waals surface area contributed by atoms with Gasteiger partial charge in [0, 0.05) is 0 Å². The van der Waals surface area contributed by atoms with Gasteiger partial charge in [-0.05, 0) is 34.2 Å². The van der Waals surface area contributed by atoms with E-state index in [1.807, 2.05) is 22.6 Å². The van der Waals surface area contributed by atoms with Gasteiger partial charge in [-0.15, -0.1) is 0 Å². The number of halogens is 2. The van der Waals surface area contributed by atoms with Gasteiger partial charge >= 0.3 is 5.97 Å². The summed E-state index contributed by atoms with van der Waals surface area (Å²) in [5.41, 5.74) is 0. The zero-order valence-electron chi connectivity index (χ0n) is 4.39. The average Bonchev–Trinajstić information content (AvgIpc) is 1.63. The maximum absolute atomic E-state index is 10.3. The zero-order valence-corrected chi connectivity index (χ0v) is 7.31. The summed E-state index contributed by atoms with van der Waals surface area (Å²) >= 11 is 6.72. The largest absolute Gasteiger partial charge is 0.455 e. The molecule has 0 atom stereocenters. The van der Waals surface area contributed by atoms with Crippen LogP contribution in [0.5, 0.6) is 0 Å². The molecule has 3 nitrogen and oxygen atoms in total. The molecule has 9 heavy (non-hydrogen) atoms. The minimum atomic E-state index is -0.690. The molecule has 5 heteroatoms. The number of rotatable bonds is 3. The lowest BCUT2D eigenvalue weighted by Gasteiger charge is -1.94. The first-order valence-corrected chi connectivity index (χ1v) is 3.97. The number of carbonyl (C=O) groups excluding carboxylic acids is 2. The van der Waals surface area contributed by atoms with Crippen molar-refractivity contribution in [1.29, 1.82) is 0 Å². The van der Waals surface area contributed by atoms with Crippen LogP contribution in [0.4, 0.5) is 0 Å². The van der Waals surface area contributed by atoms with Gasteiger partial charge in [0.25, 0.3) is 0 Å². The van der Waals surface area contributed by atoms with Gasteiger partial charge in [-0.1, -0.05) is 0 Å². The lowest BCUT2D eigenvalue weighted by molar-refractivity contribution is -0.142. The maximum atomic E-state index is 10.3. The number of hydrogen-bond donors (Lipinski definition) is 0. The molecular weight excluding hydrogens is 258 g/mol. The second kappa shape index (κ2) is 4.99. The van der Waals surface area contributed by atoms with Crippen LogP contribution >= 0.6 is 34.2 Å². The quantitative estimate of drug-likeness (QED) is 0.251. The van der Waals surface area contributed by atoms with Gasteiger partial charge in [-0.3, -0.25) is 9.59 Å². The fourth-order valence-electron chi connectivity index (χ4n) is 0.225. The van der Waals surface area contributed by atoms with Crippen LogP contribution < -0.4 is 0 Å². The molecule has 0 saturated carbocycles. The highest BCUT2D eigenvalue weighted by molar-refractivity contribution is 14.1. The Labute approximate surface area is 70.8 Å². The third kappa shape index (κ3) is 6.04. The highest BCUT2D eigenvalue weighted by Gasteiger charge is 2.05. The molecule has 0 fully saturated rings. The van der Waals surface area contributed by atoms with E-state index in [-0.39, 0.29) is 11.0 Å². The molecule has 0 rings (SSSR count). The highest BCUT2D eigenvalue weighted by atomic mass is 127. The summed E-state index contributed by atoms with van der Waals surface area (Å²) < 4.78 is 4.65. The van der Waals surface area contributed by atoms with Gasteiger partial charge in [-0.2, -0.15) is 0 Å². The van der Waals surface area contributed by atoms with Crippen molar-refractivity contribution in [3.63, 3.8) is 0 Å². The van der Waals surface area contributed by atoms with Gasteiger partial charge in [-0.25, -0.2) is 0 Å². The van der Waals surface area contributed by atoms with Crippen LogP contribution in [-0.2, 0) is 14.3 Å². The molecule has 0 aliphatic carbocycles. The van der Waals surface area contributed by atoms with Crippen LogP contribution in [0.2, 0.25) is 0 Å². The molecular formula is C4H4ClIO3. The number of esters is 1. The summed E-state index contributed by atoms with van der Waals surface area (Å²) in [5, 5.41) is -0.690. The van der Waals surface area contributed by atoms with Gasteiger partial charge in [0.2, 0.25) is 5.24 Å². The minimum absolute atomic E-state index is 0.251. The molecule has 0 spiro atoms. The first-order chi connectivity index (χ1) is 4.16. The molecule has 0 aromatic rings. The second-order valence-electron chi connectivity index (χ2n) is 1.16. The summed E-state index contributed by atoms with van der Waals surface area (Å²) in [5.74, 6) is -0.579. The van der Waals surface area contributed by atoms with Crippen LogP contribution in [-0.4, -0.2) is 15.8 Å². The van der Waals surface area contributed by atoms with Crippen LogP contribution in [0.15, 0.2) is 0 Å². The van der Waals surface area contributed by atoms with E-state index < -0.39 is 11.2 Å². The Morgan fingerprint density at radius 3 is 2.44 bits per heavy atom. The number of ether oxygens (including phenoxy) is 1. The Kier molecular flexibility index (Phi) is 5.07. The maximum Gasteiger partial charge on any atom is 0.315 e. The van der Waals surface area contributed by atoms with Crippen molar-refractivity contribution in [3.05, 3.63) is 0 Å². The van der Waals surface area contributed by atoms with Gasteiger partial charge in [0.05, 0.1) is 0 Å². The molecule has 0 radical (unpaired) electrons. The fraction of sp³-hybridized carbons (Fsp3) is 0.500.